The van der Waals surface area contributed by atoms with Crippen LogP contribution in [0.4, 0.5) is 0 Å². The van der Waals surface area contributed by atoms with Crippen LogP contribution in [0.5, 0.6) is 5.75 Å². The molecule has 1 aliphatic rings. The van der Waals surface area contributed by atoms with Crippen molar-refractivity contribution in [1.82, 2.24) is 5.32 Å². The molecule has 0 radical (unpaired) electrons. The van der Waals surface area contributed by atoms with Crippen LogP contribution in [-0.4, -0.2) is 13.2 Å². The Morgan fingerprint density at radius 2 is 1.89 bits per heavy atom. The van der Waals surface area contributed by atoms with E-state index in [-0.39, 0.29) is 0 Å². The van der Waals surface area contributed by atoms with Crippen LogP contribution in [0.15, 0.2) is 18.2 Å². The predicted molar refractivity (Wildman–Crippen MR) is 80.8 cm³/mol. The SMILES string of the molecule is CNCc1ccc(OC2CC(C)CC(C)C2)c(Cl)c1. The summed E-state index contributed by atoms with van der Waals surface area (Å²) in [6.07, 6.45) is 3.90. The maximum atomic E-state index is 6.30. The molecular weight excluding hydrogens is 258 g/mol. The zero-order valence-corrected chi connectivity index (χ0v) is 12.8. The fourth-order valence-electron chi connectivity index (χ4n) is 3.10. The number of benzene rings is 1. The van der Waals surface area contributed by atoms with Crippen molar-refractivity contribution in [3.8, 4) is 5.75 Å². The highest BCUT2D eigenvalue weighted by Gasteiger charge is 2.25. The van der Waals surface area contributed by atoms with Gasteiger partial charge in [0.1, 0.15) is 5.75 Å². The molecule has 2 unspecified atom stereocenters. The van der Waals surface area contributed by atoms with Gasteiger partial charge in [-0.15, -0.1) is 0 Å². The third-order valence-corrected chi connectivity index (χ3v) is 4.10. The second-order valence-corrected chi connectivity index (χ2v) is 6.36. The van der Waals surface area contributed by atoms with Crippen LogP contribution in [0.1, 0.15) is 38.7 Å². The predicted octanol–water partition coefficient (Wildman–Crippen LogP) is 4.26. The van der Waals surface area contributed by atoms with Gasteiger partial charge in [-0.2, -0.15) is 0 Å². The molecule has 19 heavy (non-hydrogen) atoms. The molecule has 1 aliphatic carbocycles. The zero-order valence-electron chi connectivity index (χ0n) is 12.1. The van der Waals surface area contributed by atoms with E-state index in [0.29, 0.717) is 6.10 Å². The average Bonchev–Trinajstić information content (AvgIpc) is 2.32. The molecule has 0 spiro atoms. The number of hydrogen-bond donors (Lipinski definition) is 1. The van der Waals surface area contributed by atoms with Crippen molar-refractivity contribution in [2.75, 3.05) is 7.05 Å². The minimum atomic E-state index is 0.311. The Balaban J connectivity index is 2.02. The third-order valence-electron chi connectivity index (χ3n) is 3.81. The van der Waals surface area contributed by atoms with Gasteiger partial charge in [-0.1, -0.05) is 31.5 Å². The Morgan fingerprint density at radius 1 is 1.21 bits per heavy atom. The highest BCUT2D eigenvalue weighted by Crippen LogP contribution is 2.34. The van der Waals surface area contributed by atoms with E-state index in [1.165, 1.54) is 12.0 Å². The molecule has 1 N–H and O–H groups in total. The normalized spacial score (nSPS) is 27.3. The first-order valence-corrected chi connectivity index (χ1v) is 7.56. The number of halogens is 1. The smallest absolute Gasteiger partial charge is 0.138 e. The Kier molecular flexibility index (Phi) is 5.12. The van der Waals surface area contributed by atoms with Gasteiger partial charge in [0.05, 0.1) is 11.1 Å². The van der Waals surface area contributed by atoms with E-state index in [1.54, 1.807) is 0 Å². The summed E-state index contributed by atoms with van der Waals surface area (Å²) in [5.74, 6) is 2.32. The van der Waals surface area contributed by atoms with Crippen molar-refractivity contribution in [2.24, 2.45) is 11.8 Å². The Hall–Kier alpha value is -0.730. The number of rotatable bonds is 4. The van der Waals surface area contributed by atoms with E-state index >= 15 is 0 Å². The molecule has 0 aromatic heterocycles. The second-order valence-electron chi connectivity index (χ2n) is 5.95. The van der Waals surface area contributed by atoms with Crippen molar-refractivity contribution in [3.63, 3.8) is 0 Å². The summed E-state index contributed by atoms with van der Waals surface area (Å²) in [5, 5.41) is 3.85. The topological polar surface area (TPSA) is 21.3 Å². The standard InChI is InChI=1S/C16H24ClNO/c1-11-6-12(2)8-14(7-11)19-16-5-4-13(10-18-3)9-15(16)17/h4-5,9,11-12,14,18H,6-8,10H2,1-3H3. The molecule has 0 bridgehead atoms. The summed E-state index contributed by atoms with van der Waals surface area (Å²) >= 11 is 6.30. The van der Waals surface area contributed by atoms with E-state index in [1.807, 2.05) is 19.2 Å². The Labute approximate surface area is 121 Å². The van der Waals surface area contributed by atoms with Gasteiger partial charge in [0.15, 0.2) is 0 Å². The number of hydrogen-bond acceptors (Lipinski definition) is 2. The molecule has 0 aliphatic heterocycles. The summed E-state index contributed by atoms with van der Waals surface area (Å²) in [5.41, 5.74) is 1.19. The van der Waals surface area contributed by atoms with Crippen LogP contribution < -0.4 is 10.1 Å². The molecule has 1 aromatic carbocycles. The van der Waals surface area contributed by atoms with Gasteiger partial charge < -0.3 is 10.1 Å². The average molecular weight is 282 g/mol. The molecule has 3 heteroatoms. The third kappa shape index (κ3) is 4.12. The molecule has 0 amide bonds. The summed E-state index contributed by atoms with van der Waals surface area (Å²) in [7, 11) is 1.93. The fraction of sp³-hybridized carbons (Fsp3) is 0.625. The van der Waals surface area contributed by atoms with E-state index in [2.05, 4.69) is 25.2 Å². The van der Waals surface area contributed by atoms with Gasteiger partial charge >= 0.3 is 0 Å². The lowest BCUT2D eigenvalue weighted by atomic mass is 9.82. The highest BCUT2D eigenvalue weighted by atomic mass is 35.5. The van der Waals surface area contributed by atoms with Gasteiger partial charge in [0, 0.05) is 6.54 Å². The quantitative estimate of drug-likeness (QED) is 0.890. The molecule has 106 valence electrons. The van der Waals surface area contributed by atoms with E-state index < -0.39 is 0 Å². The van der Waals surface area contributed by atoms with Crippen LogP contribution in [0.25, 0.3) is 0 Å². The van der Waals surface area contributed by atoms with Crippen LogP contribution in [-0.2, 0) is 6.54 Å². The van der Waals surface area contributed by atoms with Gasteiger partial charge in [-0.3, -0.25) is 0 Å². The van der Waals surface area contributed by atoms with Crippen LogP contribution in [0.3, 0.4) is 0 Å². The molecule has 2 atom stereocenters. The lowest BCUT2D eigenvalue weighted by molar-refractivity contribution is 0.101. The minimum Gasteiger partial charge on any atom is -0.489 e. The fourth-order valence-corrected chi connectivity index (χ4v) is 3.35. The molecule has 1 fully saturated rings. The maximum absolute atomic E-state index is 6.30. The second kappa shape index (κ2) is 6.62. The van der Waals surface area contributed by atoms with Crippen LogP contribution >= 0.6 is 11.6 Å². The van der Waals surface area contributed by atoms with Gasteiger partial charge in [0.25, 0.3) is 0 Å². The summed E-state index contributed by atoms with van der Waals surface area (Å²) in [6, 6.07) is 6.06. The van der Waals surface area contributed by atoms with Crippen molar-refractivity contribution in [3.05, 3.63) is 28.8 Å². The van der Waals surface area contributed by atoms with Gasteiger partial charge in [-0.05, 0) is 55.8 Å². The Bertz CT molecular complexity index is 411. The lowest BCUT2D eigenvalue weighted by Crippen LogP contribution is -2.28. The monoisotopic (exact) mass is 281 g/mol. The molecule has 2 rings (SSSR count). The van der Waals surface area contributed by atoms with Crippen molar-refractivity contribution in [1.29, 1.82) is 0 Å². The van der Waals surface area contributed by atoms with E-state index in [9.17, 15) is 0 Å². The highest BCUT2D eigenvalue weighted by molar-refractivity contribution is 6.32. The number of nitrogens with one attached hydrogen (secondary N) is 1. The van der Waals surface area contributed by atoms with Crippen molar-refractivity contribution in [2.45, 2.75) is 45.8 Å². The van der Waals surface area contributed by atoms with Gasteiger partial charge in [0.2, 0.25) is 0 Å². The van der Waals surface area contributed by atoms with Crippen molar-refractivity contribution >= 4 is 11.6 Å². The van der Waals surface area contributed by atoms with E-state index in [4.69, 9.17) is 16.3 Å². The maximum Gasteiger partial charge on any atom is 0.138 e. The number of ether oxygens (including phenoxy) is 1. The zero-order chi connectivity index (χ0) is 13.8. The van der Waals surface area contributed by atoms with E-state index in [0.717, 1.165) is 42.0 Å². The van der Waals surface area contributed by atoms with Crippen molar-refractivity contribution < 1.29 is 4.74 Å². The summed E-state index contributed by atoms with van der Waals surface area (Å²) in [6.45, 7) is 5.45. The molecule has 1 aromatic rings. The molecule has 0 saturated heterocycles. The first kappa shape index (κ1) is 14.7. The van der Waals surface area contributed by atoms with Gasteiger partial charge in [-0.25, -0.2) is 0 Å². The first-order valence-electron chi connectivity index (χ1n) is 7.18. The Morgan fingerprint density at radius 3 is 2.47 bits per heavy atom. The largest absolute Gasteiger partial charge is 0.489 e. The van der Waals surface area contributed by atoms with Crippen LogP contribution in [0.2, 0.25) is 5.02 Å². The summed E-state index contributed by atoms with van der Waals surface area (Å²) < 4.78 is 6.11. The molecule has 1 saturated carbocycles. The molecule has 2 nitrogen and oxygen atoms in total. The minimum absolute atomic E-state index is 0.311. The summed E-state index contributed by atoms with van der Waals surface area (Å²) in [4.78, 5) is 0. The van der Waals surface area contributed by atoms with Crippen LogP contribution in [0, 0.1) is 11.8 Å². The first-order chi connectivity index (χ1) is 9.08. The lowest BCUT2D eigenvalue weighted by Gasteiger charge is -2.32. The molecular formula is C16H24ClNO. The molecule has 0 heterocycles.